The first-order chi connectivity index (χ1) is 8.72. The molecular formula is C13H24N4O. The van der Waals surface area contributed by atoms with Crippen LogP contribution in [0.5, 0.6) is 5.88 Å². The molecule has 1 aromatic rings. The average Bonchev–Trinajstić information content (AvgIpc) is 2.35. The van der Waals surface area contributed by atoms with E-state index in [1.165, 1.54) is 6.33 Å². The third-order valence-corrected chi connectivity index (χ3v) is 2.48. The van der Waals surface area contributed by atoms with Crippen molar-refractivity contribution < 1.29 is 4.74 Å². The third kappa shape index (κ3) is 6.39. The van der Waals surface area contributed by atoms with E-state index in [-0.39, 0.29) is 0 Å². The van der Waals surface area contributed by atoms with Crippen molar-refractivity contribution >= 4 is 5.82 Å². The smallest absolute Gasteiger partial charge is 0.218 e. The summed E-state index contributed by atoms with van der Waals surface area (Å²) in [6, 6.07) is 1.85. The Balaban J connectivity index is 2.30. The number of anilines is 1. The lowest BCUT2D eigenvalue weighted by Crippen LogP contribution is -2.16. The monoisotopic (exact) mass is 252 g/mol. The molecule has 5 heteroatoms. The Morgan fingerprint density at radius 3 is 2.83 bits per heavy atom. The zero-order chi connectivity index (χ0) is 13.2. The van der Waals surface area contributed by atoms with Gasteiger partial charge in [-0.15, -0.1) is 0 Å². The van der Waals surface area contributed by atoms with Gasteiger partial charge in [-0.2, -0.15) is 0 Å². The first-order valence-electron chi connectivity index (χ1n) is 6.56. The van der Waals surface area contributed by atoms with Gasteiger partial charge in [0.05, 0.1) is 6.61 Å². The normalized spacial score (nSPS) is 10.7. The van der Waals surface area contributed by atoms with Crippen LogP contribution in [0.15, 0.2) is 12.4 Å². The van der Waals surface area contributed by atoms with Crippen LogP contribution in [0, 0.1) is 0 Å². The molecule has 0 bridgehead atoms. The van der Waals surface area contributed by atoms with Gasteiger partial charge in [0.15, 0.2) is 0 Å². The molecule has 0 aromatic carbocycles. The summed E-state index contributed by atoms with van der Waals surface area (Å²) in [7, 11) is 4.15. The Hall–Kier alpha value is -1.36. The number of unbranched alkanes of at least 4 members (excludes halogenated alkanes) is 1. The number of ether oxygens (including phenoxy) is 1. The molecule has 0 radical (unpaired) electrons. The van der Waals surface area contributed by atoms with Crippen LogP contribution < -0.4 is 10.1 Å². The zero-order valence-electron chi connectivity index (χ0n) is 11.6. The molecule has 0 unspecified atom stereocenters. The van der Waals surface area contributed by atoms with Gasteiger partial charge >= 0.3 is 0 Å². The van der Waals surface area contributed by atoms with Crippen LogP contribution in [0.4, 0.5) is 5.82 Å². The van der Waals surface area contributed by atoms with Gasteiger partial charge in [0.25, 0.3) is 0 Å². The van der Waals surface area contributed by atoms with Crippen LogP contribution in [0.25, 0.3) is 0 Å². The maximum atomic E-state index is 5.53. The molecule has 0 atom stereocenters. The summed E-state index contributed by atoms with van der Waals surface area (Å²) < 4.78 is 5.53. The van der Waals surface area contributed by atoms with Crippen LogP contribution in [0.3, 0.4) is 0 Å². The van der Waals surface area contributed by atoms with Gasteiger partial charge in [0.1, 0.15) is 12.1 Å². The molecule has 0 spiro atoms. The van der Waals surface area contributed by atoms with E-state index in [9.17, 15) is 0 Å². The van der Waals surface area contributed by atoms with E-state index in [2.05, 4.69) is 41.2 Å². The minimum absolute atomic E-state index is 0.647. The largest absolute Gasteiger partial charge is 0.478 e. The van der Waals surface area contributed by atoms with Crippen molar-refractivity contribution in [3.63, 3.8) is 0 Å². The van der Waals surface area contributed by atoms with Crippen LogP contribution >= 0.6 is 0 Å². The lowest BCUT2D eigenvalue weighted by Gasteiger charge is -2.10. The standard InChI is InChI=1S/C13H24N4O/c1-4-5-9-18-13-10-12(15-11-16-13)14-7-6-8-17(2)3/h10-11H,4-9H2,1-3H3,(H,14,15,16). The lowest BCUT2D eigenvalue weighted by atomic mass is 10.4. The summed E-state index contributed by atoms with van der Waals surface area (Å²) in [5.41, 5.74) is 0. The summed E-state index contributed by atoms with van der Waals surface area (Å²) in [4.78, 5) is 10.4. The lowest BCUT2D eigenvalue weighted by molar-refractivity contribution is 0.297. The van der Waals surface area contributed by atoms with Gasteiger partial charge in [0, 0.05) is 12.6 Å². The number of rotatable bonds is 9. The van der Waals surface area contributed by atoms with Crippen molar-refractivity contribution in [3.05, 3.63) is 12.4 Å². The van der Waals surface area contributed by atoms with Crippen LogP contribution in [0.2, 0.25) is 0 Å². The number of nitrogens with zero attached hydrogens (tertiary/aromatic N) is 3. The first kappa shape index (κ1) is 14.7. The van der Waals surface area contributed by atoms with E-state index in [4.69, 9.17) is 4.74 Å². The van der Waals surface area contributed by atoms with Gasteiger partial charge in [-0.05, 0) is 33.5 Å². The number of nitrogens with one attached hydrogen (secondary N) is 1. The highest BCUT2D eigenvalue weighted by Crippen LogP contribution is 2.11. The van der Waals surface area contributed by atoms with E-state index in [1.54, 1.807) is 0 Å². The Labute approximate surface area is 110 Å². The summed E-state index contributed by atoms with van der Waals surface area (Å²) in [5, 5.41) is 3.27. The molecule has 18 heavy (non-hydrogen) atoms. The fraction of sp³-hybridized carbons (Fsp3) is 0.692. The number of aromatic nitrogens is 2. The highest BCUT2D eigenvalue weighted by molar-refractivity contribution is 5.36. The Kier molecular flexibility index (Phi) is 7.10. The first-order valence-corrected chi connectivity index (χ1v) is 6.56. The van der Waals surface area contributed by atoms with Gasteiger partial charge < -0.3 is 15.0 Å². The minimum Gasteiger partial charge on any atom is -0.478 e. The molecule has 1 aromatic heterocycles. The Morgan fingerprint density at radius 1 is 1.28 bits per heavy atom. The van der Waals surface area contributed by atoms with Crippen molar-refractivity contribution in [1.29, 1.82) is 0 Å². The van der Waals surface area contributed by atoms with E-state index in [1.807, 2.05) is 6.07 Å². The fourth-order valence-corrected chi connectivity index (χ4v) is 1.45. The van der Waals surface area contributed by atoms with Crippen molar-refractivity contribution in [2.75, 3.05) is 39.1 Å². The second-order valence-corrected chi connectivity index (χ2v) is 4.53. The summed E-state index contributed by atoms with van der Waals surface area (Å²) in [5.74, 6) is 1.48. The minimum atomic E-state index is 0.647. The third-order valence-electron chi connectivity index (χ3n) is 2.48. The van der Waals surface area contributed by atoms with Crippen LogP contribution in [0.1, 0.15) is 26.2 Å². The predicted molar refractivity (Wildman–Crippen MR) is 74.1 cm³/mol. The molecular weight excluding hydrogens is 228 g/mol. The van der Waals surface area contributed by atoms with E-state index < -0.39 is 0 Å². The van der Waals surface area contributed by atoms with Crippen molar-refractivity contribution in [1.82, 2.24) is 14.9 Å². The van der Waals surface area contributed by atoms with Crippen LogP contribution in [-0.4, -0.2) is 48.7 Å². The molecule has 102 valence electrons. The van der Waals surface area contributed by atoms with Crippen molar-refractivity contribution in [2.45, 2.75) is 26.2 Å². The molecule has 0 aliphatic rings. The SMILES string of the molecule is CCCCOc1cc(NCCCN(C)C)ncn1. The average molecular weight is 252 g/mol. The number of hydrogen-bond acceptors (Lipinski definition) is 5. The summed E-state index contributed by atoms with van der Waals surface area (Å²) >= 11 is 0. The molecule has 1 rings (SSSR count). The van der Waals surface area contributed by atoms with Gasteiger partial charge in [0.2, 0.25) is 5.88 Å². The maximum Gasteiger partial charge on any atom is 0.218 e. The molecule has 1 heterocycles. The van der Waals surface area contributed by atoms with E-state index in [0.29, 0.717) is 12.5 Å². The molecule has 0 fully saturated rings. The zero-order valence-corrected chi connectivity index (χ0v) is 11.6. The molecule has 0 saturated carbocycles. The quantitative estimate of drug-likeness (QED) is 0.681. The van der Waals surface area contributed by atoms with Gasteiger partial charge in [-0.25, -0.2) is 9.97 Å². The van der Waals surface area contributed by atoms with E-state index >= 15 is 0 Å². The Morgan fingerprint density at radius 2 is 2.11 bits per heavy atom. The van der Waals surface area contributed by atoms with E-state index in [0.717, 1.165) is 38.2 Å². The molecule has 0 aliphatic carbocycles. The summed E-state index contributed by atoms with van der Waals surface area (Å²) in [6.45, 7) is 4.83. The van der Waals surface area contributed by atoms with Gasteiger partial charge in [-0.1, -0.05) is 13.3 Å². The van der Waals surface area contributed by atoms with Crippen molar-refractivity contribution in [3.8, 4) is 5.88 Å². The molecule has 1 N–H and O–H groups in total. The predicted octanol–water partition coefficient (Wildman–Crippen LogP) is 2.02. The summed E-state index contributed by atoms with van der Waals surface area (Å²) in [6.07, 6.45) is 4.80. The highest BCUT2D eigenvalue weighted by atomic mass is 16.5. The van der Waals surface area contributed by atoms with Crippen LogP contribution in [-0.2, 0) is 0 Å². The van der Waals surface area contributed by atoms with Gasteiger partial charge in [-0.3, -0.25) is 0 Å². The van der Waals surface area contributed by atoms with Crippen molar-refractivity contribution in [2.24, 2.45) is 0 Å². The second kappa shape index (κ2) is 8.69. The Bertz CT molecular complexity index is 331. The fourth-order valence-electron chi connectivity index (χ4n) is 1.45. The number of hydrogen-bond donors (Lipinski definition) is 1. The molecule has 0 amide bonds. The molecule has 0 saturated heterocycles. The topological polar surface area (TPSA) is 50.3 Å². The second-order valence-electron chi connectivity index (χ2n) is 4.53. The molecule has 5 nitrogen and oxygen atoms in total. The molecule has 0 aliphatic heterocycles. The highest BCUT2D eigenvalue weighted by Gasteiger charge is 1.99. The maximum absolute atomic E-state index is 5.53.